The highest BCUT2D eigenvalue weighted by Crippen LogP contribution is 2.29. The third kappa shape index (κ3) is 3.23. The van der Waals surface area contributed by atoms with Crippen LogP contribution in [0.1, 0.15) is 19.4 Å². The van der Waals surface area contributed by atoms with E-state index in [-0.39, 0.29) is 11.9 Å². The molecule has 4 nitrogen and oxygen atoms in total. The minimum Gasteiger partial charge on any atom is -0.490 e. The van der Waals surface area contributed by atoms with E-state index < -0.39 is 0 Å². The summed E-state index contributed by atoms with van der Waals surface area (Å²) in [6.07, 6.45) is 0.0610. The van der Waals surface area contributed by atoms with Crippen molar-refractivity contribution in [1.82, 2.24) is 5.48 Å². The van der Waals surface area contributed by atoms with Crippen LogP contribution in [0.15, 0.2) is 12.1 Å². The molecule has 88 valence electrons. The number of amidine groups is 1. The molecule has 0 aliphatic rings. The Morgan fingerprint density at radius 3 is 2.69 bits per heavy atom. The molecule has 1 rings (SSSR count). The van der Waals surface area contributed by atoms with Gasteiger partial charge in [0.2, 0.25) is 0 Å². The molecule has 1 aromatic carbocycles. The quantitative estimate of drug-likeness (QED) is 0.338. The van der Waals surface area contributed by atoms with Crippen LogP contribution in [0.2, 0.25) is 5.02 Å². The zero-order valence-corrected chi connectivity index (χ0v) is 11.8. The van der Waals surface area contributed by atoms with Crippen molar-refractivity contribution in [3.63, 3.8) is 0 Å². The first-order valence-electron chi connectivity index (χ1n) is 4.60. The van der Waals surface area contributed by atoms with Crippen molar-refractivity contribution in [3.05, 3.63) is 26.3 Å². The van der Waals surface area contributed by atoms with Gasteiger partial charge in [-0.3, -0.25) is 16.1 Å². The number of hydrogen-bond acceptors (Lipinski definition) is 3. The highest BCUT2D eigenvalue weighted by molar-refractivity contribution is 14.1. The van der Waals surface area contributed by atoms with Gasteiger partial charge in [0, 0.05) is 11.6 Å². The predicted octanol–water partition coefficient (Wildman–Crippen LogP) is 3.04. The van der Waals surface area contributed by atoms with Gasteiger partial charge in [-0.2, -0.15) is 0 Å². The summed E-state index contributed by atoms with van der Waals surface area (Å²) >= 11 is 8.08. The molecule has 0 radical (unpaired) electrons. The normalized spacial score (nSPS) is 10.4. The molecule has 0 unspecified atom stereocenters. The molecule has 0 amide bonds. The highest BCUT2D eigenvalue weighted by Gasteiger charge is 2.12. The van der Waals surface area contributed by atoms with Crippen molar-refractivity contribution in [2.24, 2.45) is 0 Å². The largest absolute Gasteiger partial charge is 0.490 e. The average Bonchev–Trinajstić information content (AvgIpc) is 2.21. The van der Waals surface area contributed by atoms with Crippen molar-refractivity contribution in [2.75, 3.05) is 0 Å². The molecular formula is C10H12ClIN2O2. The zero-order chi connectivity index (χ0) is 12.3. The number of hydrogen-bond donors (Lipinski definition) is 3. The summed E-state index contributed by atoms with van der Waals surface area (Å²) in [7, 11) is 0. The first kappa shape index (κ1) is 13.5. The van der Waals surface area contributed by atoms with Crippen LogP contribution >= 0.6 is 34.2 Å². The Morgan fingerprint density at radius 2 is 2.19 bits per heavy atom. The molecule has 0 aliphatic carbocycles. The van der Waals surface area contributed by atoms with Gasteiger partial charge >= 0.3 is 0 Å². The molecule has 1 aromatic rings. The van der Waals surface area contributed by atoms with Crippen molar-refractivity contribution >= 4 is 40.0 Å². The minimum atomic E-state index is -0.140. The van der Waals surface area contributed by atoms with E-state index in [1.54, 1.807) is 17.6 Å². The van der Waals surface area contributed by atoms with E-state index in [9.17, 15) is 0 Å². The van der Waals surface area contributed by atoms with Gasteiger partial charge in [-0.1, -0.05) is 11.6 Å². The third-order valence-electron chi connectivity index (χ3n) is 1.77. The van der Waals surface area contributed by atoms with Crippen molar-refractivity contribution < 1.29 is 9.94 Å². The molecule has 0 aromatic heterocycles. The topological polar surface area (TPSA) is 65.3 Å². The average molecular weight is 355 g/mol. The van der Waals surface area contributed by atoms with E-state index in [0.717, 1.165) is 3.57 Å². The van der Waals surface area contributed by atoms with Gasteiger partial charge in [-0.15, -0.1) is 0 Å². The van der Waals surface area contributed by atoms with E-state index in [0.29, 0.717) is 16.3 Å². The van der Waals surface area contributed by atoms with Crippen LogP contribution < -0.4 is 10.2 Å². The third-order valence-corrected chi connectivity index (χ3v) is 2.92. The smallest absolute Gasteiger partial charge is 0.150 e. The molecule has 0 bridgehead atoms. The lowest BCUT2D eigenvalue weighted by Gasteiger charge is -2.14. The van der Waals surface area contributed by atoms with Crippen LogP contribution in [0.5, 0.6) is 5.75 Å². The molecular weight excluding hydrogens is 342 g/mol. The summed E-state index contributed by atoms with van der Waals surface area (Å²) in [6, 6.07) is 3.33. The molecule has 0 atom stereocenters. The summed E-state index contributed by atoms with van der Waals surface area (Å²) in [5, 5.41) is 16.5. The Labute approximate surface area is 113 Å². The zero-order valence-electron chi connectivity index (χ0n) is 8.84. The highest BCUT2D eigenvalue weighted by atomic mass is 127. The number of rotatable bonds is 3. The number of benzene rings is 1. The van der Waals surface area contributed by atoms with Crippen LogP contribution in [0.3, 0.4) is 0 Å². The van der Waals surface area contributed by atoms with Gasteiger partial charge in [-0.05, 0) is 42.5 Å². The Morgan fingerprint density at radius 1 is 1.56 bits per heavy atom. The maximum absolute atomic E-state index is 8.65. The second kappa shape index (κ2) is 5.70. The molecule has 0 aliphatic heterocycles. The summed E-state index contributed by atoms with van der Waals surface area (Å²) in [4.78, 5) is 0. The number of hydroxylamine groups is 1. The Hall–Kier alpha value is -0.530. The number of halogens is 2. The van der Waals surface area contributed by atoms with E-state index in [2.05, 4.69) is 22.6 Å². The number of ether oxygens (including phenoxy) is 1. The fraction of sp³-hybridized carbons (Fsp3) is 0.300. The van der Waals surface area contributed by atoms with Crippen molar-refractivity contribution in [3.8, 4) is 5.75 Å². The maximum Gasteiger partial charge on any atom is 0.150 e. The SMILES string of the molecule is CC(C)Oc1cc(Cl)c(C(=N)NO)cc1I. The standard InChI is InChI=1S/C10H12ClIN2O2/c1-5(2)16-9-4-7(11)6(3-8(9)12)10(13)14-15/h3-5,15H,1-2H3,(H2,13,14). The summed E-state index contributed by atoms with van der Waals surface area (Å²) in [5.74, 6) is 0.536. The summed E-state index contributed by atoms with van der Waals surface area (Å²) in [5.41, 5.74) is 2.20. The molecule has 6 heteroatoms. The molecule has 0 fully saturated rings. The van der Waals surface area contributed by atoms with Crippen molar-refractivity contribution in [1.29, 1.82) is 5.41 Å². The van der Waals surface area contributed by atoms with Gasteiger partial charge in [0.05, 0.1) is 14.7 Å². The minimum absolute atomic E-state index is 0.0610. The van der Waals surface area contributed by atoms with Gasteiger partial charge in [0.25, 0.3) is 0 Å². The Kier molecular flexibility index (Phi) is 4.82. The van der Waals surface area contributed by atoms with Crippen LogP contribution in [0.4, 0.5) is 0 Å². The molecule has 3 N–H and O–H groups in total. The van der Waals surface area contributed by atoms with Gasteiger partial charge in [0.15, 0.2) is 5.84 Å². The van der Waals surface area contributed by atoms with Crippen LogP contribution in [0.25, 0.3) is 0 Å². The van der Waals surface area contributed by atoms with Crippen LogP contribution in [-0.4, -0.2) is 17.1 Å². The van der Waals surface area contributed by atoms with E-state index in [1.807, 2.05) is 13.8 Å². The second-order valence-corrected chi connectivity index (χ2v) is 4.99. The lowest BCUT2D eigenvalue weighted by molar-refractivity contribution is 0.234. The second-order valence-electron chi connectivity index (χ2n) is 3.42. The Bertz CT molecular complexity index is 410. The molecule has 16 heavy (non-hydrogen) atoms. The van der Waals surface area contributed by atoms with Gasteiger partial charge in [-0.25, -0.2) is 0 Å². The van der Waals surface area contributed by atoms with E-state index >= 15 is 0 Å². The molecule has 0 saturated heterocycles. The molecule has 0 spiro atoms. The van der Waals surface area contributed by atoms with Crippen LogP contribution in [-0.2, 0) is 0 Å². The van der Waals surface area contributed by atoms with Gasteiger partial charge in [0.1, 0.15) is 5.75 Å². The van der Waals surface area contributed by atoms with E-state index in [1.165, 1.54) is 0 Å². The number of nitrogens with one attached hydrogen (secondary N) is 2. The van der Waals surface area contributed by atoms with E-state index in [4.69, 9.17) is 27.0 Å². The molecule has 0 saturated carbocycles. The Balaban J connectivity index is 3.11. The predicted molar refractivity (Wildman–Crippen MR) is 71.7 cm³/mol. The van der Waals surface area contributed by atoms with Crippen molar-refractivity contribution in [2.45, 2.75) is 20.0 Å². The fourth-order valence-corrected chi connectivity index (χ4v) is 1.97. The van der Waals surface area contributed by atoms with Crippen LogP contribution in [0, 0.1) is 8.98 Å². The van der Waals surface area contributed by atoms with Gasteiger partial charge < -0.3 is 4.74 Å². The fourth-order valence-electron chi connectivity index (χ4n) is 1.12. The maximum atomic E-state index is 8.65. The summed E-state index contributed by atoms with van der Waals surface area (Å²) in [6.45, 7) is 3.85. The summed E-state index contributed by atoms with van der Waals surface area (Å²) < 4.78 is 6.39. The monoisotopic (exact) mass is 354 g/mol. The lowest BCUT2D eigenvalue weighted by atomic mass is 10.2. The molecule has 0 heterocycles. The lowest BCUT2D eigenvalue weighted by Crippen LogP contribution is -2.19. The first-order valence-corrected chi connectivity index (χ1v) is 6.06. The first-order chi connectivity index (χ1) is 7.45.